The third-order valence-electron chi connectivity index (χ3n) is 7.94. The molecule has 5 aromatic carbocycles. The first-order chi connectivity index (χ1) is 20.4. The number of rotatable bonds is 2. The number of nitriles is 4. The minimum absolute atomic E-state index is 0.191. The summed E-state index contributed by atoms with van der Waals surface area (Å²) in [5.74, 6) is 0. The van der Waals surface area contributed by atoms with Crippen LogP contribution in [0.3, 0.4) is 0 Å². The van der Waals surface area contributed by atoms with Crippen LogP contribution in [0.1, 0.15) is 22.3 Å². The lowest BCUT2D eigenvalue weighted by atomic mass is 9.94. The Bertz CT molecular complexity index is 1980. The molecular formula is C34H16N6O2. The number of hydrogen-bond acceptors (Lipinski definition) is 6. The summed E-state index contributed by atoms with van der Waals surface area (Å²) in [6.07, 6.45) is 0. The van der Waals surface area contributed by atoms with Crippen molar-refractivity contribution in [2.24, 2.45) is 0 Å². The summed E-state index contributed by atoms with van der Waals surface area (Å²) in [6.45, 7) is 0. The van der Waals surface area contributed by atoms with E-state index in [-0.39, 0.29) is 33.6 Å². The first-order valence-corrected chi connectivity index (χ1v) is 12.9. The molecule has 2 unspecified atom stereocenters. The van der Waals surface area contributed by atoms with E-state index in [1.165, 1.54) is 36.4 Å². The van der Waals surface area contributed by atoms with Crippen molar-refractivity contribution >= 4 is 34.1 Å². The summed E-state index contributed by atoms with van der Waals surface area (Å²) in [6, 6.07) is 34.5. The van der Waals surface area contributed by atoms with Crippen molar-refractivity contribution in [3.8, 4) is 46.5 Å². The second kappa shape index (κ2) is 8.70. The predicted molar refractivity (Wildman–Crippen MR) is 158 cm³/mol. The van der Waals surface area contributed by atoms with E-state index in [0.29, 0.717) is 45.0 Å². The lowest BCUT2D eigenvalue weighted by Crippen LogP contribution is -2.30. The molecule has 2 aliphatic heterocycles. The van der Waals surface area contributed by atoms with E-state index in [0.717, 1.165) is 0 Å². The fourth-order valence-corrected chi connectivity index (χ4v) is 6.23. The molecule has 7 rings (SSSR count). The summed E-state index contributed by atoms with van der Waals surface area (Å²) in [5, 5.41) is 68.8. The molecule has 0 saturated carbocycles. The highest BCUT2D eigenvalue weighted by atomic mass is 16.6. The van der Waals surface area contributed by atoms with Gasteiger partial charge in [0.15, 0.2) is 22.7 Å². The van der Waals surface area contributed by atoms with Gasteiger partial charge in [-0.3, -0.25) is 9.29 Å². The maximum atomic E-state index is 15.2. The number of benzene rings is 5. The molecule has 0 aromatic heterocycles. The summed E-state index contributed by atoms with van der Waals surface area (Å²) >= 11 is 0. The molecule has 0 bridgehead atoms. The number of fused-ring (bicyclic) bond motifs is 7. The largest absolute Gasteiger partial charge is 0.616 e. The monoisotopic (exact) mass is 540 g/mol. The minimum atomic E-state index is -1.05. The van der Waals surface area contributed by atoms with Crippen molar-refractivity contribution in [3.05, 3.63) is 130 Å². The quantitative estimate of drug-likeness (QED) is 0.164. The Balaban J connectivity index is 1.59. The summed E-state index contributed by atoms with van der Waals surface area (Å²) in [7, 11) is 0. The van der Waals surface area contributed by atoms with Gasteiger partial charge in [0.2, 0.25) is 0 Å². The molecule has 0 spiro atoms. The molecule has 0 amide bonds. The molecular weight excluding hydrogens is 524 g/mol. The zero-order valence-electron chi connectivity index (χ0n) is 21.7. The Labute approximate surface area is 240 Å². The van der Waals surface area contributed by atoms with Crippen LogP contribution < -0.4 is 9.29 Å². The predicted octanol–water partition coefficient (Wildman–Crippen LogP) is 8.07. The van der Waals surface area contributed by atoms with Crippen molar-refractivity contribution in [1.82, 2.24) is 9.29 Å². The molecule has 194 valence electrons. The van der Waals surface area contributed by atoms with E-state index < -0.39 is 9.29 Å². The number of nitrogens with zero attached hydrogens (tertiary/aromatic N) is 6. The number of hydrogen-bond donors (Lipinski definition) is 0. The lowest BCUT2D eigenvalue weighted by molar-refractivity contribution is 0.701. The third-order valence-corrected chi connectivity index (χ3v) is 7.94. The third kappa shape index (κ3) is 3.09. The highest BCUT2D eigenvalue weighted by Crippen LogP contribution is 2.66. The molecule has 2 atom stereocenters. The molecule has 42 heavy (non-hydrogen) atoms. The van der Waals surface area contributed by atoms with Gasteiger partial charge in [-0.05, 0) is 24.3 Å². The topological polar surface area (TPSA) is 141 Å². The first-order valence-electron chi connectivity index (χ1n) is 12.9. The van der Waals surface area contributed by atoms with Crippen LogP contribution in [0.25, 0.3) is 22.3 Å². The lowest BCUT2D eigenvalue weighted by Gasteiger charge is -2.40. The zero-order chi connectivity index (χ0) is 29.2. The Kier molecular flexibility index (Phi) is 5.16. The van der Waals surface area contributed by atoms with E-state index >= 15 is 10.4 Å². The van der Waals surface area contributed by atoms with Crippen LogP contribution in [0.5, 0.6) is 0 Å². The van der Waals surface area contributed by atoms with Gasteiger partial charge in [-0.1, -0.05) is 24.3 Å². The SMILES string of the molecule is N#Cc1cc(C#N)cc([N+]2([O-])c3ccccc3-c3c2ccc2c3-c3ccccc3[N+]2([O-])c2cc(C#N)cc(C#N)c2)c1. The number of quaternary nitrogens is 2. The van der Waals surface area contributed by atoms with Crippen molar-refractivity contribution in [2.45, 2.75) is 0 Å². The van der Waals surface area contributed by atoms with Gasteiger partial charge < -0.3 is 10.4 Å². The molecule has 0 aliphatic carbocycles. The van der Waals surface area contributed by atoms with Crippen LogP contribution in [0.2, 0.25) is 0 Å². The molecule has 0 radical (unpaired) electrons. The summed E-state index contributed by atoms with van der Waals surface area (Å²) in [5.41, 5.74) is 5.08. The van der Waals surface area contributed by atoms with Crippen LogP contribution in [0, 0.1) is 55.7 Å². The zero-order valence-corrected chi connectivity index (χ0v) is 21.7. The molecule has 8 nitrogen and oxygen atoms in total. The van der Waals surface area contributed by atoms with Gasteiger partial charge in [0.25, 0.3) is 0 Å². The van der Waals surface area contributed by atoms with Crippen LogP contribution in [-0.4, -0.2) is 0 Å². The van der Waals surface area contributed by atoms with Crippen molar-refractivity contribution in [3.63, 3.8) is 0 Å². The van der Waals surface area contributed by atoms with Crippen LogP contribution >= 0.6 is 0 Å². The molecule has 2 heterocycles. The van der Waals surface area contributed by atoms with Gasteiger partial charge in [-0.15, -0.1) is 0 Å². The fourth-order valence-electron chi connectivity index (χ4n) is 6.23. The first kappa shape index (κ1) is 24.9. The highest BCUT2D eigenvalue weighted by Gasteiger charge is 2.48. The van der Waals surface area contributed by atoms with E-state index in [1.807, 2.05) is 48.5 Å². The molecule has 2 aliphatic rings. The average Bonchev–Trinajstić information content (AvgIpc) is 3.47. The van der Waals surface area contributed by atoms with Gasteiger partial charge in [0.1, 0.15) is 11.4 Å². The molecule has 0 N–H and O–H groups in total. The normalized spacial score (nSPS) is 18.8. The smallest absolute Gasteiger partial charge is 0.152 e. The fraction of sp³-hybridized carbons (Fsp3) is 0. The number of para-hydroxylation sites is 2. The Morgan fingerprint density at radius 2 is 0.762 bits per heavy atom. The van der Waals surface area contributed by atoms with E-state index in [4.69, 9.17) is 0 Å². The molecule has 0 saturated heterocycles. The highest BCUT2D eigenvalue weighted by molar-refractivity contribution is 6.13. The summed E-state index contributed by atoms with van der Waals surface area (Å²) in [4.78, 5) is 0. The maximum absolute atomic E-state index is 15.2. The van der Waals surface area contributed by atoms with Crippen molar-refractivity contribution in [1.29, 1.82) is 21.0 Å². The van der Waals surface area contributed by atoms with Gasteiger partial charge >= 0.3 is 0 Å². The van der Waals surface area contributed by atoms with Crippen molar-refractivity contribution < 1.29 is 0 Å². The molecule has 5 aromatic rings. The van der Waals surface area contributed by atoms with Gasteiger partial charge in [-0.25, -0.2) is 0 Å². The van der Waals surface area contributed by atoms with Gasteiger partial charge in [0, 0.05) is 48.5 Å². The second-order valence-corrected chi connectivity index (χ2v) is 10.1. The average molecular weight is 541 g/mol. The van der Waals surface area contributed by atoms with Crippen LogP contribution in [0.4, 0.5) is 34.1 Å². The Morgan fingerprint density at radius 1 is 0.429 bits per heavy atom. The van der Waals surface area contributed by atoms with E-state index in [1.54, 1.807) is 36.4 Å². The minimum Gasteiger partial charge on any atom is -0.616 e. The van der Waals surface area contributed by atoms with Crippen LogP contribution in [0.15, 0.2) is 97.1 Å². The Morgan fingerprint density at radius 3 is 1.10 bits per heavy atom. The molecule has 8 heteroatoms. The second-order valence-electron chi connectivity index (χ2n) is 10.1. The van der Waals surface area contributed by atoms with Gasteiger partial charge in [-0.2, -0.15) is 21.0 Å². The van der Waals surface area contributed by atoms with Crippen LogP contribution in [-0.2, 0) is 0 Å². The summed E-state index contributed by atoms with van der Waals surface area (Å²) < 4.78 is -2.10. The Hall–Kier alpha value is -6.10. The van der Waals surface area contributed by atoms with E-state index in [2.05, 4.69) is 0 Å². The van der Waals surface area contributed by atoms with Gasteiger partial charge in [0.05, 0.1) is 68.8 Å². The maximum Gasteiger partial charge on any atom is 0.152 e. The standard InChI is InChI=1S/C34H16N6O2/c35-17-21-11-22(18-36)14-25(13-21)39(41)29-7-3-1-5-27(29)33-31(39)9-10-32-34(33)28-6-2-4-8-30(28)40(32,42)26-15-23(19-37)12-24(16-26)20-38/h1-16H. The van der Waals surface area contributed by atoms with Crippen molar-refractivity contribution in [2.75, 3.05) is 0 Å². The molecule has 0 fully saturated rings. The van der Waals surface area contributed by atoms with E-state index in [9.17, 15) is 21.0 Å².